The van der Waals surface area contributed by atoms with Gasteiger partial charge in [0, 0.05) is 38.3 Å². The van der Waals surface area contributed by atoms with Gasteiger partial charge in [-0.3, -0.25) is 0 Å². The van der Waals surface area contributed by atoms with Crippen LogP contribution in [-0.4, -0.2) is 4.98 Å². The Bertz CT molecular complexity index is 2630. The Morgan fingerprint density at radius 3 is 1.70 bits per heavy atom. The highest BCUT2D eigenvalue weighted by atomic mass is 16.3. The molecule has 0 N–H and O–H groups in total. The first kappa shape index (κ1) is 23.5. The van der Waals surface area contributed by atoms with E-state index in [1.807, 2.05) is 66.7 Å². The minimum absolute atomic E-state index is 0.763. The van der Waals surface area contributed by atoms with Crippen LogP contribution in [0.25, 0.3) is 76.8 Å². The number of furan rings is 3. The summed E-state index contributed by atoms with van der Waals surface area (Å²) in [5.41, 5.74) is 9.74. The molecule has 5 nitrogen and oxygen atoms in total. The second-order valence-electron chi connectivity index (χ2n) is 11.2. The Labute approximate surface area is 250 Å². The van der Waals surface area contributed by atoms with Gasteiger partial charge in [-0.15, -0.1) is 0 Å². The van der Waals surface area contributed by atoms with E-state index in [2.05, 4.69) is 71.6 Å². The Morgan fingerprint density at radius 1 is 0.432 bits per heavy atom. The number of anilines is 3. The van der Waals surface area contributed by atoms with Crippen LogP contribution in [0, 0.1) is 0 Å². The third-order valence-electron chi connectivity index (χ3n) is 8.63. The molecule has 10 rings (SSSR count). The molecule has 0 saturated heterocycles. The standard InChI is InChI=1S/C39H22N2O3/c1-4-11-30-23(8-1)20-37-39(40-30)38-31(12-7-15-36(38)44-37)41(24-16-18-34-28(21-24)26-9-2-5-13-32(26)42-34)25-17-19-35-29(22-25)27-10-3-6-14-33(27)43-35/h1-22H. The van der Waals surface area contributed by atoms with Crippen molar-refractivity contribution < 1.29 is 13.3 Å². The number of hydrogen-bond acceptors (Lipinski definition) is 5. The minimum atomic E-state index is 0.763. The molecular weight excluding hydrogens is 544 g/mol. The number of hydrogen-bond donors (Lipinski definition) is 0. The van der Waals surface area contributed by atoms with Crippen molar-refractivity contribution in [2.24, 2.45) is 0 Å². The number of nitrogens with zero attached hydrogens (tertiary/aromatic N) is 2. The van der Waals surface area contributed by atoms with Crippen molar-refractivity contribution in [3.05, 3.63) is 133 Å². The molecule has 0 aliphatic carbocycles. The summed E-state index contributed by atoms with van der Waals surface area (Å²) in [5, 5.41) is 6.30. The molecule has 206 valence electrons. The Kier molecular flexibility index (Phi) is 4.66. The first-order valence-corrected chi connectivity index (χ1v) is 14.6. The van der Waals surface area contributed by atoms with Crippen molar-refractivity contribution in [1.82, 2.24) is 4.98 Å². The van der Waals surface area contributed by atoms with Gasteiger partial charge in [-0.05, 0) is 72.8 Å². The number of para-hydroxylation sites is 3. The van der Waals surface area contributed by atoms with Crippen LogP contribution in [0.3, 0.4) is 0 Å². The molecule has 0 atom stereocenters. The van der Waals surface area contributed by atoms with Crippen LogP contribution in [0.4, 0.5) is 17.1 Å². The number of rotatable bonds is 3. The largest absolute Gasteiger partial charge is 0.456 e. The molecule has 0 aliphatic heterocycles. The fourth-order valence-electron chi connectivity index (χ4n) is 6.63. The maximum Gasteiger partial charge on any atom is 0.154 e. The number of fused-ring (bicyclic) bond motifs is 10. The summed E-state index contributed by atoms with van der Waals surface area (Å²) >= 11 is 0. The van der Waals surface area contributed by atoms with Crippen molar-refractivity contribution in [3.63, 3.8) is 0 Å². The van der Waals surface area contributed by atoms with Gasteiger partial charge >= 0.3 is 0 Å². The van der Waals surface area contributed by atoms with Crippen LogP contribution in [0.2, 0.25) is 0 Å². The van der Waals surface area contributed by atoms with Crippen LogP contribution < -0.4 is 4.90 Å². The summed E-state index contributed by atoms with van der Waals surface area (Å²) in [7, 11) is 0. The van der Waals surface area contributed by atoms with Crippen LogP contribution >= 0.6 is 0 Å². The van der Waals surface area contributed by atoms with Gasteiger partial charge in [-0.2, -0.15) is 0 Å². The highest BCUT2D eigenvalue weighted by Crippen LogP contribution is 2.45. The third kappa shape index (κ3) is 3.32. The Balaban J connectivity index is 1.30. The van der Waals surface area contributed by atoms with Crippen molar-refractivity contribution in [2.75, 3.05) is 4.90 Å². The number of pyridine rings is 1. The van der Waals surface area contributed by atoms with Crippen molar-refractivity contribution in [2.45, 2.75) is 0 Å². The van der Waals surface area contributed by atoms with Crippen LogP contribution in [-0.2, 0) is 0 Å². The third-order valence-corrected chi connectivity index (χ3v) is 8.63. The van der Waals surface area contributed by atoms with Crippen molar-refractivity contribution in [3.8, 4) is 0 Å². The lowest BCUT2D eigenvalue weighted by Crippen LogP contribution is -2.10. The second-order valence-corrected chi connectivity index (χ2v) is 11.2. The van der Waals surface area contributed by atoms with Gasteiger partial charge in [0.2, 0.25) is 0 Å². The van der Waals surface area contributed by atoms with Crippen molar-refractivity contribution >= 4 is 93.9 Å². The predicted molar refractivity (Wildman–Crippen MR) is 178 cm³/mol. The Hall–Kier alpha value is -6.07. The second kappa shape index (κ2) is 8.72. The lowest BCUT2D eigenvalue weighted by Gasteiger charge is -2.26. The first-order valence-electron chi connectivity index (χ1n) is 14.6. The topological polar surface area (TPSA) is 55.6 Å². The van der Waals surface area contributed by atoms with Gasteiger partial charge in [0.15, 0.2) is 5.58 Å². The molecule has 6 aromatic carbocycles. The van der Waals surface area contributed by atoms with Crippen molar-refractivity contribution in [1.29, 1.82) is 0 Å². The SMILES string of the molecule is c1ccc2nc3c(cc2c1)oc1cccc(N(c2ccc4oc5ccccc5c4c2)c2ccc4oc5ccccc5c4c2)c13. The molecule has 0 bridgehead atoms. The molecule has 0 fully saturated rings. The van der Waals surface area contributed by atoms with E-state index < -0.39 is 0 Å². The average Bonchev–Trinajstić information content (AvgIpc) is 3.74. The van der Waals surface area contributed by atoms with Crippen LogP contribution in [0.1, 0.15) is 0 Å². The molecule has 0 unspecified atom stereocenters. The lowest BCUT2D eigenvalue weighted by molar-refractivity contribution is 0.668. The van der Waals surface area contributed by atoms with Crippen LogP contribution in [0.15, 0.2) is 147 Å². The molecule has 0 aliphatic rings. The lowest BCUT2D eigenvalue weighted by atomic mass is 10.1. The van der Waals surface area contributed by atoms with E-state index in [9.17, 15) is 0 Å². The number of benzene rings is 6. The molecular formula is C39H22N2O3. The first-order chi connectivity index (χ1) is 21.8. The molecule has 0 amide bonds. The fraction of sp³-hybridized carbons (Fsp3) is 0. The van der Waals surface area contributed by atoms with Gasteiger partial charge in [0.25, 0.3) is 0 Å². The van der Waals surface area contributed by atoms with Gasteiger partial charge in [0.1, 0.15) is 33.4 Å². The number of aromatic nitrogens is 1. The summed E-state index contributed by atoms with van der Waals surface area (Å²) in [6, 6.07) is 45.6. The van der Waals surface area contributed by atoms with E-state index in [1.165, 1.54) is 0 Å². The van der Waals surface area contributed by atoms with Gasteiger partial charge < -0.3 is 18.2 Å². The Morgan fingerprint density at radius 2 is 1.00 bits per heavy atom. The molecule has 4 heterocycles. The van der Waals surface area contributed by atoms with Crippen LogP contribution in [0.5, 0.6) is 0 Å². The van der Waals surface area contributed by atoms with Gasteiger partial charge in [-0.1, -0.05) is 60.7 Å². The zero-order chi connectivity index (χ0) is 28.8. The summed E-state index contributed by atoms with van der Waals surface area (Å²) < 4.78 is 18.8. The summed E-state index contributed by atoms with van der Waals surface area (Å²) in [6.07, 6.45) is 0. The average molecular weight is 567 g/mol. The molecule has 0 radical (unpaired) electrons. The fourth-order valence-corrected chi connectivity index (χ4v) is 6.63. The van der Waals surface area contributed by atoms with Gasteiger partial charge in [-0.25, -0.2) is 4.98 Å². The molecule has 10 aromatic rings. The molecule has 44 heavy (non-hydrogen) atoms. The highest BCUT2D eigenvalue weighted by molar-refractivity contribution is 6.15. The monoisotopic (exact) mass is 566 g/mol. The minimum Gasteiger partial charge on any atom is -0.456 e. The summed E-state index contributed by atoms with van der Waals surface area (Å²) in [5.74, 6) is 0. The quantitative estimate of drug-likeness (QED) is 0.213. The molecule has 4 aromatic heterocycles. The summed E-state index contributed by atoms with van der Waals surface area (Å²) in [6.45, 7) is 0. The van der Waals surface area contributed by atoms with E-state index in [0.717, 1.165) is 93.9 Å². The molecule has 5 heteroatoms. The highest BCUT2D eigenvalue weighted by Gasteiger charge is 2.22. The predicted octanol–water partition coefficient (Wildman–Crippen LogP) is 11.4. The van der Waals surface area contributed by atoms with E-state index in [4.69, 9.17) is 18.2 Å². The molecule has 0 spiro atoms. The maximum atomic E-state index is 6.43. The zero-order valence-electron chi connectivity index (χ0n) is 23.3. The summed E-state index contributed by atoms with van der Waals surface area (Å²) in [4.78, 5) is 7.40. The zero-order valence-corrected chi connectivity index (χ0v) is 23.3. The maximum absolute atomic E-state index is 6.43. The van der Waals surface area contributed by atoms with E-state index in [-0.39, 0.29) is 0 Å². The smallest absolute Gasteiger partial charge is 0.154 e. The van der Waals surface area contributed by atoms with E-state index >= 15 is 0 Å². The van der Waals surface area contributed by atoms with Gasteiger partial charge in [0.05, 0.1) is 16.6 Å². The normalized spacial score (nSPS) is 12.1. The molecule has 0 saturated carbocycles. The van der Waals surface area contributed by atoms with E-state index in [1.54, 1.807) is 0 Å². The van der Waals surface area contributed by atoms with E-state index in [0.29, 0.717) is 0 Å².